The molecule has 0 unspecified atom stereocenters. The molecule has 1 aliphatic heterocycles. The van der Waals surface area contributed by atoms with Gasteiger partial charge < -0.3 is 4.90 Å². The predicted octanol–water partition coefficient (Wildman–Crippen LogP) is 2.10. The molecule has 13 heavy (non-hydrogen) atoms. The first-order valence-electron chi connectivity index (χ1n) is 4.71. The van der Waals surface area contributed by atoms with Crippen LogP contribution in [0.1, 0.15) is 23.2 Å². The second kappa shape index (κ2) is 3.60. The molecule has 0 spiro atoms. The second-order valence-electron chi connectivity index (χ2n) is 3.37. The zero-order chi connectivity index (χ0) is 9.10. The number of aldehydes is 1. The van der Waals surface area contributed by atoms with Crippen LogP contribution in [0, 0.1) is 0 Å². The van der Waals surface area contributed by atoms with Crippen molar-refractivity contribution in [2.45, 2.75) is 12.8 Å². The van der Waals surface area contributed by atoms with Crippen molar-refractivity contribution in [2.75, 3.05) is 18.0 Å². The van der Waals surface area contributed by atoms with Crippen LogP contribution in [0.15, 0.2) is 24.3 Å². The van der Waals surface area contributed by atoms with Crippen LogP contribution < -0.4 is 4.90 Å². The van der Waals surface area contributed by atoms with E-state index in [-0.39, 0.29) is 0 Å². The van der Waals surface area contributed by atoms with Crippen LogP contribution in [-0.4, -0.2) is 19.4 Å². The second-order valence-corrected chi connectivity index (χ2v) is 3.37. The Morgan fingerprint density at radius 3 is 2.54 bits per heavy atom. The van der Waals surface area contributed by atoms with Crippen LogP contribution >= 0.6 is 0 Å². The van der Waals surface area contributed by atoms with Gasteiger partial charge in [0.1, 0.15) is 0 Å². The molecule has 1 fully saturated rings. The first-order chi connectivity index (χ1) is 6.42. The monoisotopic (exact) mass is 175 g/mol. The third-order valence-corrected chi connectivity index (χ3v) is 2.51. The number of rotatable bonds is 2. The number of hydrogen-bond acceptors (Lipinski definition) is 2. The van der Waals surface area contributed by atoms with Crippen molar-refractivity contribution < 1.29 is 4.79 Å². The summed E-state index contributed by atoms with van der Waals surface area (Å²) in [6, 6.07) is 7.79. The molecule has 1 saturated heterocycles. The van der Waals surface area contributed by atoms with Gasteiger partial charge in [0.05, 0.1) is 0 Å². The molecular formula is C11H13NO. The molecule has 0 radical (unpaired) electrons. The quantitative estimate of drug-likeness (QED) is 0.641. The normalized spacial score (nSPS) is 16.2. The van der Waals surface area contributed by atoms with Crippen molar-refractivity contribution >= 4 is 12.0 Å². The molecule has 2 heteroatoms. The highest BCUT2D eigenvalue weighted by atomic mass is 16.1. The van der Waals surface area contributed by atoms with Crippen molar-refractivity contribution in [3.05, 3.63) is 29.8 Å². The lowest BCUT2D eigenvalue weighted by atomic mass is 10.2. The standard InChI is InChI=1S/C11H13NO/c13-9-10-5-1-2-6-11(10)12-7-3-4-8-12/h1-2,5-6,9H,3-4,7-8H2. The van der Waals surface area contributed by atoms with Gasteiger partial charge in [-0.3, -0.25) is 4.79 Å². The molecule has 68 valence electrons. The van der Waals surface area contributed by atoms with Gasteiger partial charge in [0.15, 0.2) is 6.29 Å². The van der Waals surface area contributed by atoms with Crippen molar-refractivity contribution in [3.8, 4) is 0 Å². The maximum Gasteiger partial charge on any atom is 0.152 e. The Bertz CT molecular complexity index is 303. The SMILES string of the molecule is O=Cc1ccccc1N1CCCC1. The molecule has 1 aliphatic rings. The fourth-order valence-corrected chi connectivity index (χ4v) is 1.83. The summed E-state index contributed by atoms with van der Waals surface area (Å²) in [6.45, 7) is 2.18. The van der Waals surface area contributed by atoms with Gasteiger partial charge in [0.2, 0.25) is 0 Å². The first-order valence-corrected chi connectivity index (χ1v) is 4.71. The van der Waals surface area contributed by atoms with Crippen molar-refractivity contribution in [1.82, 2.24) is 0 Å². The molecule has 2 rings (SSSR count). The number of benzene rings is 1. The Morgan fingerprint density at radius 1 is 1.15 bits per heavy atom. The average Bonchev–Trinajstić information content (AvgIpc) is 2.70. The van der Waals surface area contributed by atoms with Crippen molar-refractivity contribution in [1.29, 1.82) is 0 Å². The molecule has 0 saturated carbocycles. The minimum Gasteiger partial charge on any atom is -0.371 e. The lowest BCUT2D eigenvalue weighted by Crippen LogP contribution is -2.18. The van der Waals surface area contributed by atoms with E-state index in [1.165, 1.54) is 12.8 Å². The van der Waals surface area contributed by atoms with E-state index in [4.69, 9.17) is 0 Å². The number of nitrogens with zero attached hydrogens (tertiary/aromatic N) is 1. The summed E-state index contributed by atoms with van der Waals surface area (Å²) in [7, 11) is 0. The highest BCUT2D eigenvalue weighted by molar-refractivity contribution is 5.84. The topological polar surface area (TPSA) is 20.3 Å². The molecule has 1 aromatic carbocycles. The molecule has 0 amide bonds. The van der Waals surface area contributed by atoms with E-state index in [0.29, 0.717) is 0 Å². The number of carbonyl (C=O) groups excluding carboxylic acids is 1. The number of hydrogen-bond donors (Lipinski definition) is 0. The van der Waals surface area contributed by atoms with E-state index in [9.17, 15) is 4.79 Å². The van der Waals surface area contributed by atoms with E-state index in [2.05, 4.69) is 4.90 Å². The molecule has 0 bridgehead atoms. The number of carbonyl (C=O) groups is 1. The molecule has 0 atom stereocenters. The van der Waals surface area contributed by atoms with Crippen LogP contribution in [0.2, 0.25) is 0 Å². The Kier molecular flexibility index (Phi) is 2.30. The van der Waals surface area contributed by atoms with Crippen molar-refractivity contribution in [2.24, 2.45) is 0 Å². The fraction of sp³-hybridized carbons (Fsp3) is 0.364. The van der Waals surface area contributed by atoms with Gasteiger partial charge >= 0.3 is 0 Å². The van der Waals surface area contributed by atoms with Crippen LogP contribution in [0.25, 0.3) is 0 Å². The Hall–Kier alpha value is -1.31. The highest BCUT2D eigenvalue weighted by Crippen LogP contribution is 2.22. The van der Waals surface area contributed by atoms with E-state index in [0.717, 1.165) is 30.6 Å². The van der Waals surface area contributed by atoms with E-state index >= 15 is 0 Å². The van der Waals surface area contributed by atoms with Gasteiger partial charge in [0.25, 0.3) is 0 Å². The predicted molar refractivity (Wildman–Crippen MR) is 53.3 cm³/mol. The van der Waals surface area contributed by atoms with Crippen LogP contribution in [0.3, 0.4) is 0 Å². The molecule has 2 nitrogen and oxygen atoms in total. The lowest BCUT2D eigenvalue weighted by molar-refractivity contribution is 0.112. The maximum absolute atomic E-state index is 10.8. The largest absolute Gasteiger partial charge is 0.371 e. The van der Waals surface area contributed by atoms with Crippen LogP contribution in [0.4, 0.5) is 5.69 Å². The van der Waals surface area contributed by atoms with Crippen molar-refractivity contribution in [3.63, 3.8) is 0 Å². The molecule has 0 aromatic heterocycles. The summed E-state index contributed by atoms with van der Waals surface area (Å²) in [4.78, 5) is 13.0. The average molecular weight is 175 g/mol. The summed E-state index contributed by atoms with van der Waals surface area (Å²) >= 11 is 0. The third kappa shape index (κ3) is 1.57. The first kappa shape index (κ1) is 8.30. The van der Waals surface area contributed by atoms with E-state index in [1.807, 2.05) is 24.3 Å². The minimum atomic E-state index is 0.810. The Balaban J connectivity index is 2.31. The zero-order valence-electron chi connectivity index (χ0n) is 7.57. The number of anilines is 1. The number of para-hydroxylation sites is 1. The van der Waals surface area contributed by atoms with Gasteiger partial charge in [-0.2, -0.15) is 0 Å². The molecule has 1 heterocycles. The summed E-state index contributed by atoms with van der Waals surface area (Å²) in [5.41, 5.74) is 1.90. The molecule has 0 N–H and O–H groups in total. The molecule has 0 aliphatic carbocycles. The van der Waals surface area contributed by atoms with Gasteiger partial charge in [-0.1, -0.05) is 12.1 Å². The van der Waals surface area contributed by atoms with Gasteiger partial charge in [0, 0.05) is 24.3 Å². The maximum atomic E-state index is 10.8. The van der Waals surface area contributed by atoms with Crippen LogP contribution in [-0.2, 0) is 0 Å². The third-order valence-electron chi connectivity index (χ3n) is 2.51. The Labute approximate surface area is 78.2 Å². The molecular weight excluding hydrogens is 162 g/mol. The summed E-state index contributed by atoms with van der Waals surface area (Å²) in [5, 5.41) is 0. The van der Waals surface area contributed by atoms with Gasteiger partial charge in [-0.05, 0) is 25.0 Å². The Morgan fingerprint density at radius 2 is 1.85 bits per heavy atom. The fourth-order valence-electron chi connectivity index (χ4n) is 1.83. The van der Waals surface area contributed by atoms with Gasteiger partial charge in [-0.15, -0.1) is 0 Å². The lowest BCUT2D eigenvalue weighted by Gasteiger charge is -2.18. The molecule has 1 aromatic rings. The summed E-state index contributed by atoms with van der Waals surface area (Å²) in [6.07, 6.45) is 3.42. The zero-order valence-corrected chi connectivity index (χ0v) is 7.57. The smallest absolute Gasteiger partial charge is 0.152 e. The van der Waals surface area contributed by atoms with Crippen LogP contribution in [0.5, 0.6) is 0 Å². The summed E-state index contributed by atoms with van der Waals surface area (Å²) < 4.78 is 0. The highest BCUT2D eigenvalue weighted by Gasteiger charge is 2.14. The van der Waals surface area contributed by atoms with E-state index in [1.54, 1.807) is 0 Å². The summed E-state index contributed by atoms with van der Waals surface area (Å²) in [5.74, 6) is 0. The minimum absolute atomic E-state index is 0.810. The van der Waals surface area contributed by atoms with Gasteiger partial charge in [-0.25, -0.2) is 0 Å². The van der Waals surface area contributed by atoms with E-state index < -0.39 is 0 Å².